The molecule has 1 aliphatic heterocycles. The first kappa shape index (κ1) is 13.3. The molecule has 2 heterocycles. The lowest BCUT2D eigenvalue weighted by molar-refractivity contribution is 0.0650. The van der Waals surface area contributed by atoms with Gasteiger partial charge in [-0.05, 0) is 6.92 Å². The van der Waals surface area contributed by atoms with Crippen molar-refractivity contribution in [3.05, 3.63) is 41.4 Å². The molecule has 1 amide bonds. The highest BCUT2D eigenvalue weighted by molar-refractivity contribution is 7.13. The molecule has 3 rings (SSSR count). The maximum atomic E-state index is 12.5. The van der Waals surface area contributed by atoms with E-state index in [0.29, 0.717) is 5.69 Å². The van der Waals surface area contributed by atoms with Gasteiger partial charge >= 0.3 is 0 Å². The molecule has 0 saturated carbocycles. The SMILES string of the molecule is C[C@@H]1CNCCN1C(=O)c1csc(-c2ccccc2)n1. The van der Waals surface area contributed by atoms with E-state index < -0.39 is 0 Å². The Morgan fingerprint density at radius 1 is 1.40 bits per heavy atom. The van der Waals surface area contributed by atoms with Gasteiger partial charge in [-0.15, -0.1) is 11.3 Å². The molecule has 0 aliphatic carbocycles. The highest BCUT2D eigenvalue weighted by Crippen LogP contribution is 2.24. The lowest BCUT2D eigenvalue weighted by Gasteiger charge is -2.33. The third-order valence-electron chi connectivity index (χ3n) is 3.51. The molecule has 0 unspecified atom stereocenters. The minimum Gasteiger partial charge on any atom is -0.332 e. The van der Waals surface area contributed by atoms with Crippen LogP contribution in [-0.2, 0) is 0 Å². The zero-order valence-electron chi connectivity index (χ0n) is 11.4. The molecule has 2 aromatic rings. The second-order valence-electron chi connectivity index (χ2n) is 4.96. The third kappa shape index (κ3) is 2.59. The van der Waals surface area contributed by atoms with E-state index in [0.717, 1.165) is 30.2 Å². The van der Waals surface area contributed by atoms with Gasteiger partial charge in [-0.2, -0.15) is 0 Å². The molecule has 5 heteroatoms. The molecule has 1 N–H and O–H groups in total. The smallest absolute Gasteiger partial charge is 0.273 e. The van der Waals surface area contributed by atoms with Crippen molar-refractivity contribution in [2.45, 2.75) is 13.0 Å². The van der Waals surface area contributed by atoms with E-state index in [-0.39, 0.29) is 11.9 Å². The van der Waals surface area contributed by atoms with Crippen molar-refractivity contribution < 1.29 is 4.79 Å². The molecule has 0 bridgehead atoms. The first-order valence-corrected chi connectivity index (χ1v) is 7.66. The van der Waals surface area contributed by atoms with Crippen LogP contribution in [0.4, 0.5) is 0 Å². The average Bonchev–Trinajstić information content (AvgIpc) is 2.98. The molecule has 20 heavy (non-hydrogen) atoms. The van der Waals surface area contributed by atoms with E-state index in [1.807, 2.05) is 40.6 Å². The first-order valence-electron chi connectivity index (χ1n) is 6.78. The van der Waals surface area contributed by atoms with Gasteiger partial charge in [0.2, 0.25) is 0 Å². The molecular weight excluding hydrogens is 270 g/mol. The molecule has 1 aromatic carbocycles. The number of amides is 1. The molecule has 1 aliphatic rings. The summed E-state index contributed by atoms with van der Waals surface area (Å²) in [6.07, 6.45) is 0. The van der Waals surface area contributed by atoms with E-state index in [9.17, 15) is 4.79 Å². The van der Waals surface area contributed by atoms with Crippen LogP contribution in [0.2, 0.25) is 0 Å². The Morgan fingerprint density at radius 3 is 2.95 bits per heavy atom. The summed E-state index contributed by atoms with van der Waals surface area (Å²) in [6, 6.07) is 10.2. The van der Waals surface area contributed by atoms with Crippen LogP contribution in [0.15, 0.2) is 35.7 Å². The van der Waals surface area contributed by atoms with Crippen LogP contribution in [0, 0.1) is 0 Å². The molecule has 1 atom stereocenters. The van der Waals surface area contributed by atoms with Crippen molar-refractivity contribution >= 4 is 17.2 Å². The van der Waals surface area contributed by atoms with Crippen LogP contribution in [0.5, 0.6) is 0 Å². The molecule has 104 valence electrons. The van der Waals surface area contributed by atoms with E-state index in [2.05, 4.69) is 17.2 Å². The van der Waals surface area contributed by atoms with Gasteiger partial charge in [0.15, 0.2) is 0 Å². The number of nitrogens with one attached hydrogen (secondary N) is 1. The fourth-order valence-corrected chi connectivity index (χ4v) is 3.18. The second-order valence-corrected chi connectivity index (χ2v) is 5.81. The van der Waals surface area contributed by atoms with Crippen molar-refractivity contribution in [3.8, 4) is 10.6 Å². The number of hydrogen-bond acceptors (Lipinski definition) is 4. The lowest BCUT2D eigenvalue weighted by atomic mass is 10.2. The quantitative estimate of drug-likeness (QED) is 0.921. The summed E-state index contributed by atoms with van der Waals surface area (Å²) in [5.74, 6) is 0.0393. The maximum absolute atomic E-state index is 12.5. The van der Waals surface area contributed by atoms with Gasteiger partial charge in [-0.25, -0.2) is 4.98 Å². The van der Waals surface area contributed by atoms with Crippen LogP contribution < -0.4 is 5.32 Å². The number of thiazole rings is 1. The summed E-state index contributed by atoms with van der Waals surface area (Å²) in [6.45, 7) is 4.51. The van der Waals surface area contributed by atoms with Gasteiger partial charge < -0.3 is 10.2 Å². The van der Waals surface area contributed by atoms with Crippen molar-refractivity contribution in [1.29, 1.82) is 0 Å². The van der Waals surface area contributed by atoms with Crippen molar-refractivity contribution in [3.63, 3.8) is 0 Å². The summed E-state index contributed by atoms with van der Waals surface area (Å²) >= 11 is 1.52. The first-order chi connectivity index (χ1) is 9.75. The Kier molecular flexibility index (Phi) is 3.80. The summed E-state index contributed by atoms with van der Waals surface area (Å²) in [5, 5.41) is 6.05. The fraction of sp³-hybridized carbons (Fsp3) is 0.333. The van der Waals surface area contributed by atoms with Crippen LogP contribution in [-0.4, -0.2) is 41.5 Å². The standard InChI is InChI=1S/C15H17N3OS/c1-11-9-16-7-8-18(11)15(19)13-10-20-14(17-13)12-5-3-2-4-6-12/h2-6,10-11,16H,7-9H2,1H3/t11-/m1/s1. The van der Waals surface area contributed by atoms with E-state index in [1.54, 1.807) is 0 Å². The zero-order chi connectivity index (χ0) is 13.9. The fourth-order valence-electron chi connectivity index (χ4n) is 2.38. The number of nitrogens with zero attached hydrogens (tertiary/aromatic N) is 2. The Hall–Kier alpha value is -1.72. The van der Waals surface area contributed by atoms with Crippen LogP contribution in [0.1, 0.15) is 17.4 Å². The maximum Gasteiger partial charge on any atom is 0.273 e. The number of rotatable bonds is 2. The van der Waals surface area contributed by atoms with Crippen molar-refractivity contribution in [2.75, 3.05) is 19.6 Å². The number of aromatic nitrogens is 1. The average molecular weight is 287 g/mol. The van der Waals surface area contributed by atoms with Gasteiger partial charge in [0.1, 0.15) is 10.7 Å². The predicted molar refractivity (Wildman–Crippen MR) is 80.9 cm³/mol. The van der Waals surface area contributed by atoms with Crippen LogP contribution in [0.3, 0.4) is 0 Å². The van der Waals surface area contributed by atoms with E-state index in [4.69, 9.17) is 0 Å². The largest absolute Gasteiger partial charge is 0.332 e. The monoisotopic (exact) mass is 287 g/mol. The van der Waals surface area contributed by atoms with Crippen molar-refractivity contribution in [2.24, 2.45) is 0 Å². The Morgan fingerprint density at radius 2 is 2.20 bits per heavy atom. The second kappa shape index (κ2) is 5.73. The van der Waals surface area contributed by atoms with E-state index in [1.165, 1.54) is 11.3 Å². The number of benzene rings is 1. The minimum absolute atomic E-state index is 0.0393. The van der Waals surface area contributed by atoms with Crippen LogP contribution in [0.25, 0.3) is 10.6 Å². The van der Waals surface area contributed by atoms with Gasteiger partial charge in [-0.1, -0.05) is 30.3 Å². The van der Waals surface area contributed by atoms with Gasteiger partial charge in [0.05, 0.1) is 0 Å². The topological polar surface area (TPSA) is 45.2 Å². The van der Waals surface area contributed by atoms with Crippen LogP contribution >= 0.6 is 11.3 Å². The summed E-state index contributed by atoms with van der Waals surface area (Å²) in [4.78, 5) is 18.9. The number of hydrogen-bond donors (Lipinski definition) is 1. The Bertz CT molecular complexity index is 596. The number of piperazine rings is 1. The van der Waals surface area contributed by atoms with Gasteiger partial charge in [0, 0.05) is 36.6 Å². The normalized spacial score (nSPS) is 19.1. The Balaban J connectivity index is 1.81. The lowest BCUT2D eigenvalue weighted by Crippen LogP contribution is -2.52. The summed E-state index contributed by atoms with van der Waals surface area (Å²) in [5.41, 5.74) is 1.62. The summed E-state index contributed by atoms with van der Waals surface area (Å²) in [7, 11) is 0. The Labute approximate surface area is 122 Å². The van der Waals surface area contributed by atoms with Crippen molar-refractivity contribution in [1.82, 2.24) is 15.2 Å². The highest BCUT2D eigenvalue weighted by atomic mass is 32.1. The van der Waals surface area contributed by atoms with E-state index >= 15 is 0 Å². The number of carbonyl (C=O) groups is 1. The van der Waals surface area contributed by atoms with Gasteiger partial charge in [0.25, 0.3) is 5.91 Å². The molecular formula is C15H17N3OS. The zero-order valence-corrected chi connectivity index (χ0v) is 12.2. The molecule has 1 aromatic heterocycles. The molecule has 1 saturated heterocycles. The molecule has 4 nitrogen and oxygen atoms in total. The minimum atomic E-state index is 0.0393. The molecule has 0 radical (unpaired) electrons. The number of carbonyl (C=O) groups excluding carboxylic acids is 1. The molecule has 1 fully saturated rings. The summed E-state index contributed by atoms with van der Waals surface area (Å²) < 4.78 is 0. The third-order valence-corrected chi connectivity index (χ3v) is 4.40. The molecule has 0 spiro atoms. The highest BCUT2D eigenvalue weighted by Gasteiger charge is 2.25. The van der Waals surface area contributed by atoms with Gasteiger partial charge in [-0.3, -0.25) is 4.79 Å². The predicted octanol–water partition coefficient (Wildman–Crippen LogP) is 2.24.